The largest absolute Gasteiger partial charge is 0.507 e. The molecule has 112 valence electrons. The van der Waals surface area contributed by atoms with Crippen molar-refractivity contribution in [2.75, 3.05) is 7.11 Å². The molecule has 3 aromatic rings. The standard InChI is InChI=1S/C18H17NO3/c1-11-3-5-12(6-4-11)15-9-16(21)17-14(19-15)8-7-13(10-20)18(17)22-2/h3-9,20H,10H2,1-2H3,(H,19,21). The van der Waals surface area contributed by atoms with Gasteiger partial charge in [0, 0.05) is 17.2 Å². The van der Waals surface area contributed by atoms with Gasteiger partial charge in [0.2, 0.25) is 0 Å². The van der Waals surface area contributed by atoms with Gasteiger partial charge in [0.1, 0.15) is 11.5 Å². The van der Waals surface area contributed by atoms with Gasteiger partial charge in [0.05, 0.1) is 30.3 Å². The van der Waals surface area contributed by atoms with Crippen LogP contribution in [0, 0.1) is 6.92 Å². The molecule has 0 saturated carbocycles. The van der Waals surface area contributed by atoms with E-state index in [2.05, 4.69) is 4.98 Å². The van der Waals surface area contributed by atoms with Crippen LogP contribution < -0.4 is 4.74 Å². The second-order valence-electron chi connectivity index (χ2n) is 5.20. The lowest BCUT2D eigenvalue weighted by atomic mass is 10.0. The van der Waals surface area contributed by atoms with Gasteiger partial charge in [-0.25, -0.2) is 4.98 Å². The van der Waals surface area contributed by atoms with Gasteiger partial charge in [0.15, 0.2) is 0 Å². The fraction of sp³-hybridized carbons (Fsp3) is 0.167. The number of aromatic nitrogens is 1. The van der Waals surface area contributed by atoms with E-state index in [0.29, 0.717) is 27.9 Å². The fourth-order valence-corrected chi connectivity index (χ4v) is 2.55. The Morgan fingerprint density at radius 3 is 2.45 bits per heavy atom. The minimum atomic E-state index is -0.154. The van der Waals surface area contributed by atoms with Gasteiger partial charge >= 0.3 is 0 Å². The van der Waals surface area contributed by atoms with E-state index in [9.17, 15) is 10.2 Å². The summed E-state index contributed by atoms with van der Waals surface area (Å²) in [6, 6.07) is 13.1. The Hall–Kier alpha value is -2.59. The lowest BCUT2D eigenvalue weighted by Crippen LogP contribution is -1.95. The van der Waals surface area contributed by atoms with Crippen molar-refractivity contribution in [1.29, 1.82) is 0 Å². The Bertz CT molecular complexity index is 826. The number of methoxy groups -OCH3 is 1. The second-order valence-corrected chi connectivity index (χ2v) is 5.20. The van der Waals surface area contributed by atoms with Gasteiger partial charge in [-0.3, -0.25) is 0 Å². The molecule has 0 atom stereocenters. The van der Waals surface area contributed by atoms with Crippen LogP contribution in [0.3, 0.4) is 0 Å². The number of benzene rings is 2. The average molecular weight is 295 g/mol. The molecular formula is C18H17NO3. The van der Waals surface area contributed by atoms with Crippen molar-refractivity contribution >= 4 is 10.9 Å². The predicted octanol–water partition coefficient (Wildman–Crippen LogP) is 3.42. The molecule has 0 amide bonds. The maximum Gasteiger partial charge on any atom is 0.137 e. The number of nitrogens with zero attached hydrogens (tertiary/aromatic N) is 1. The lowest BCUT2D eigenvalue weighted by Gasteiger charge is -2.12. The van der Waals surface area contributed by atoms with E-state index in [-0.39, 0.29) is 12.4 Å². The summed E-state index contributed by atoms with van der Waals surface area (Å²) >= 11 is 0. The summed E-state index contributed by atoms with van der Waals surface area (Å²) in [5, 5.41) is 20.3. The smallest absolute Gasteiger partial charge is 0.137 e. The maximum absolute atomic E-state index is 10.4. The summed E-state index contributed by atoms with van der Waals surface area (Å²) < 4.78 is 5.33. The van der Waals surface area contributed by atoms with Crippen LogP contribution in [-0.2, 0) is 6.61 Å². The first-order chi connectivity index (χ1) is 10.6. The van der Waals surface area contributed by atoms with Crippen molar-refractivity contribution in [2.45, 2.75) is 13.5 Å². The molecule has 0 aliphatic heterocycles. The minimum Gasteiger partial charge on any atom is -0.507 e. The third-order valence-electron chi connectivity index (χ3n) is 3.71. The zero-order chi connectivity index (χ0) is 15.7. The number of fused-ring (bicyclic) bond motifs is 1. The maximum atomic E-state index is 10.4. The molecule has 0 bridgehead atoms. The molecule has 0 aliphatic rings. The molecular weight excluding hydrogens is 278 g/mol. The van der Waals surface area contributed by atoms with Crippen LogP contribution in [0.15, 0.2) is 42.5 Å². The zero-order valence-corrected chi connectivity index (χ0v) is 12.5. The number of pyridine rings is 1. The van der Waals surface area contributed by atoms with E-state index in [1.165, 1.54) is 12.7 Å². The first-order valence-corrected chi connectivity index (χ1v) is 7.01. The van der Waals surface area contributed by atoms with Gasteiger partial charge in [-0.05, 0) is 13.0 Å². The van der Waals surface area contributed by atoms with Gasteiger partial charge < -0.3 is 14.9 Å². The minimum absolute atomic E-state index is 0.0905. The van der Waals surface area contributed by atoms with Crippen LogP contribution in [-0.4, -0.2) is 22.3 Å². The van der Waals surface area contributed by atoms with Crippen LogP contribution in [0.25, 0.3) is 22.2 Å². The summed E-state index contributed by atoms with van der Waals surface area (Å²) in [6.07, 6.45) is 0. The first kappa shape index (κ1) is 14.4. The quantitative estimate of drug-likeness (QED) is 0.777. The molecule has 22 heavy (non-hydrogen) atoms. The Morgan fingerprint density at radius 2 is 1.82 bits per heavy atom. The van der Waals surface area contributed by atoms with Gasteiger partial charge in [-0.15, -0.1) is 0 Å². The number of aryl methyl sites for hydroxylation is 1. The van der Waals surface area contributed by atoms with E-state index in [1.807, 2.05) is 31.2 Å². The molecule has 0 unspecified atom stereocenters. The summed E-state index contributed by atoms with van der Waals surface area (Å²) in [4.78, 5) is 4.60. The lowest BCUT2D eigenvalue weighted by molar-refractivity contribution is 0.274. The molecule has 0 saturated heterocycles. The third kappa shape index (κ3) is 2.38. The van der Waals surface area contributed by atoms with Crippen LogP contribution in [0.2, 0.25) is 0 Å². The molecule has 0 spiro atoms. The third-order valence-corrected chi connectivity index (χ3v) is 3.71. The van der Waals surface area contributed by atoms with Crippen molar-refractivity contribution in [3.05, 3.63) is 53.6 Å². The van der Waals surface area contributed by atoms with Crippen molar-refractivity contribution in [1.82, 2.24) is 4.98 Å². The van der Waals surface area contributed by atoms with Crippen molar-refractivity contribution in [3.63, 3.8) is 0 Å². The second kappa shape index (κ2) is 5.66. The van der Waals surface area contributed by atoms with Crippen LogP contribution in [0.4, 0.5) is 0 Å². The molecule has 2 aromatic carbocycles. The van der Waals surface area contributed by atoms with Crippen molar-refractivity contribution in [3.8, 4) is 22.8 Å². The van der Waals surface area contributed by atoms with E-state index in [1.54, 1.807) is 18.2 Å². The highest BCUT2D eigenvalue weighted by molar-refractivity contribution is 5.94. The predicted molar refractivity (Wildman–Crippen MR) is 86.1 cm³/mol. The topological polar surface area (TPSA) is 62.6 Å². The van der Waals surface area contributed by atoms with E-state index in [0.717, 1.165) is 5.56 Å². The average Bonchev–Trinajstić information content (AvgIpc) is 2.54. The molecule has 0 radical (unpaired) electrons. The number of hydrogen-bond acceptors (Lipinski definition) is 4. The molecule has 3 rings (SSSR count). The Balaban J connectivity index is 2.23. The summed E-state index contributed by atoms with van der Waals surface area (Å²) in [7, 11) is 1.52. The number of hydrogen-bond donors (Lipinski definition) is 2. The first-order valence-electron chi connectivity index (χ1n) is 7.01. The van der Waals surface area contributed by atoms with Crippen LogP contribution >= 0.6 is 0 Å². The number of ether oxygens (including phenoxy) is 1. The molecule has 1 heterocycles. The van der Waals surface area contributed by atoms with Gasteiger partial charge in [0.25, 0.3) is 0 Å². The Kier molecular flexibility index (Phi) is 3.69. The van der Waals surface area contributed by atoms with Crippen LogP contribution in [0.1, 0.15) is 11.1 Å². The zero-order valence-electron chi connectivity index (χ0n) is 12.5. The number of aromatic hydroxyl groups is 1. The van der Waals surface area contributed by atoms with Gasteiger partial charge in [-0.1, -0.05) is 35.9 Å². The molecule has 4 nitrogen and oxygen atoms in total. The van der Waals surface area contributed by atoms with E-state index >= 15 is 0 Å². The molecule has 0 fully saturated rings. The molecule has 0 aliphatic carbocycles. The Morgan fingerprint density at radius 1 is 1.09 bits per heavy atom. The van der Waals surface area contributed by atoms with Crippen molar-refractivity contribution in [2.24, 2.45) is 0 Å². The number of aliphatic hydroxyl groups excluding tert-OH is 1. The van der Waals surface area contributed by atoms with Crippen molar-refractivity contribution < 1.29 is 14.9 Å². The normalized spacial score (nSPS) is 10.9. The van der Waals surface area contributed by atoms with Gasteiger partial charge in [-0.2, -0.15) is 0 Å². The highest BCUT2D eigenvalue weighted by Gasteiger charge is 2.14. The monoisotopic (exact) mass is 295 g/mol. The highest BCUT2D eigenvalue weighted by atomic mass is 16.5. The summed E-state index contributed by atoms with van der Waals surface area (Å²) in [6.45, 7) is 1.87. The molecule has 2 N–H and O–H groups in total. The number of rotatable bonds is 3. The van der Waals surface area contributed by atoms with E-state index < -0.39 is 0 Å². The fourth-order valence-electron chi connectivity index (χ4n) is 2.55. The Labute approximate surface area is 128 Å². The highest BCUT2D eigenvalue weighted by Crippen LogP contribution is 2.37. The van der Waals surface area contributed by atoms with Crippen LogP contribution in [0.5, 0.6) is 11.5 Å². The SMILES string of the molecule is COc1c(CO)ccc2nc(-c3ccc(C)cc3)cc(O)c12. The van der Waals surface area contributed by atoms with E-state index in [4.69, 9.17) is 4.74 Å². The summed E-state index contributed by atoms with van der Waals surface area (Å²) in [5.41, 5.74) is 4.06. The molecule has 1 aromatic heterocycles. The number of aliphatic hydroxyl groups is 1. The molecule has 4 heteroatoms. The summed E-state index contributed by atoms with van der Waals surface area (Å²) in [5.74, 6) is 0.549.